The topological polar surface area (TPSA) is 61.4 Å². The number of aliphatic hydroxyl groups is 1. The Kier molecular flexibility index (Phi) is 5.62. The molecule has 0 spiro atoms. The third-order valence-corrected chi connectivity index (χ3v) is 3.71. The minimum atomic E-state index is -0.828. The molecule has 100 valence electrons. The second-order valence-electron chi connectivity index (χ2n) is 4.22. The van der Waals surface area contributed by atoms with Gasteiger partial charge in [-0.3, -0.25) is 0 Å². The van der Waals surface area contributed by atoms with Gasteiger partial charge in [0, 0.05) is 11.0 Å². The summed E-state index contributed by atoms with van der Waals surface area (Å²) < 4.78 is 0.821. The molecule has 1 rings (SSSR count). The van der Waals surface area contributed by atoms with Gasteiger partial charge in [-0.15, -0.1) is 0 Å². The molecule has 0 unspecified atom stereocenters. The van der Waals surface area contributed by atoms with E-state index in [0.29, 0.717) is 18.5 Å². The Balaban J connectivity index is 2.50. The number of para-hydroxylation sites is 1. The molecule has 0 fully saturated rings. The maximum absolute atomic E-state index is 11.7. The SMILES string of the molecule is CCC(O)(CC)CNC(=O)Nc1ccccc1Br. The van der Waals surface area contributed by atoms with Crippen molar-refractivity contribution in [3.05, 3.63) is 28.7 Å². The summed E-state index contributed by atoms with van der Waals surface area (Å²) in [6.45, 7) is 4.05. The number of rotatable bonds is 5. The predicted octanol–water partition coefficient (Wildman–Crippen LogP) is 3.12. The summed E-state index contributed by atoms with van der Waals surface area (Å²) >= 11 is 3.35. The van der Waals surface area contributed by atoms with E-state index in [0.717, 1.165) is 4.47 Å². The van der Waals surface area contributed by atoms with Gasteiger partial charge in [0.2, 0.25) is 0 Å². The summed E-state index contributed by atoms with van der Waals surface area (Å²) in [4.78, 5) is 11.7. The lowest BCUT2D eigenvalue weighted by atomic mass is 9.98. The van der Waals surface area contributed by atoms with Crippen molar-refractivity contribution in [3.8, 4) is 0 Å². The van der Waals surface area contributed by atoms with Gasteiger partial charge in [0.25, 0.3) is 0 Å². The molecule has 5 heteroatoms. The van der Waals surface area contributed by atoms with Crippen LogP contribution in [0.25, 0.3) is 0 Å². The van der Waals surface area contributed by atoms with Gasteiger partial charge in [-0.2, -0.15) is 0 Å². The lowest BCUT2D eigenvalue weighted by Gasteiger charge is -2.25. The molecule has 0 aromatic heterocycles. The summed E-state index contributed by atoms with van der Waals surface area (Å²) in [5.41, 5.74) is -0.128. The Bertz CT molecular complexity index is 406. The molecule has 1 aromatic carbocycles. The van der Waals surface area contributed by atoms with Crippen molar-refractivity contribution in [1.82, 2.24) is 5.32 Å². The molecule has 2 amide bonds. The zero-order chi connectivity index (χ0) is 13.6. The van der Waals surface area contributed by atoms with Crippen molar-refractivity contribution in [2.24, 2.45) is 0 Å². The molecule has 0 atom stereocenters. The molecule has 1 aromatic rings. The molecular weight excluding hydrogens is 296 g/mol. The summed E-state index contributed by atoms with van der Waals surface area (Å²) in [5.74, 6) is 0. The van der Waals surface area contributed by atoms with Gasteiger partial charge in [-0.1, -0.05) is 26.0 Å². The Hall–Kier alpha value is -1.07. The van der Waals surface area contributed by atoms with Crippen molar-refractivity contribution in [1.29, 1.82) is 0 Å². The van der Waals surface area contributed by atoms with E-state index < -0.39 is 5.60 Å². The Morgan fingerprint density at radius 3 is 2.50 bits per heavy atom. The molecule has 18 heavy (non-hydrogen) atoms. The molecule has 0 saturated carbocycles. The van der Waals surface area contributed by atoms with E-state index in [1.165, 1.54) is 0 Å². The minimum Gasteiger partial charge on any atom is -0.388 e. The fraction of sp³-hybridized carbons (Fsp3) is 0.462. The van der Waals surface area contributed by atoms with E-state index in [1.807, 2.05) is 32.0 Å². The molecule has 3 N–H and O–H groups in total. The first kappa shape index (κ1) is 15.0. The van der Waals surface area contributed by atoms with Crippen LogP contribution >= 0.6 is 15.9 Å². The van der Waals surface area contributed by atoms with Gasteiger partial charge < -0.3 is 15.7 Å². The maximum atomic E-state index is 11.7. The summed E-state index contributed by atoms with van der Waals surface area (Å²) in [6, 6.07) is 7.05. The summed E-state index contributed by atoms with van der Waals surface area (Å²) in [6.07, 6.45) is 1.22. The Morgan fingerprint density at radius 2 is 1.94 bits per heavy atom. The van der Waals surface area contributed by atoms with Crippen LogP contribution in [0.3, 0.4) is 0 Å². The zero-order valence-electron chi connectivity index (χ0n) is 10.7. The van der Waals surface area contributed by atoms with Crippen molar-refractivity contribution in [2.75, 3.05) is 11.9 Å². The molecule has 0 heterocycles. The van der Waals surface area contributed by atoms with Gasteiger partial charge in [-0.05, 0) is 40.9 Å². The van der Waals surface area contributed by atoms with Crippen LogP contribution in [0.1, 0.15) is 26.7 Å². The number of urea groups is 1. The van der Waals surface area contributed by atoms with Gasteiger partial charge in [0.1, 0.15) is 0 Å². The van der Waals surface area contributed by atoms with Crippen LogP contribution in [0.2, 0.25) is 0 Å². The van der Waals surface area contributed by atoms with Crippen molar-refractivity contribution < 1.29 is 9.90 Å². The standard InChI is InChI=1S/C13H19BrN2O2/c1-3-13(18,4-2)9-15-12(17)16-11-8-6-5-7-10(11)14/h5-8,18H,3-4,9H2,1-2H3,(H2,15,16,17). The maximum Gasteiger partial charge on any atom is 0.319 e. The summed E-state index contributed by atoms with van der Waals surface area (Å²) in [5, 5.41) is 15.4. The van der Waals surface area contributed by atoms with E-state index in [4.69, 9.17) is 0 Å². The van der Waals surface area contributed by atoms with Gasteiger partial charge in [-0.25, -0.2) is 4.79 Å². The van der Waals surface area contributed by atoms with Crippen LogP contribution < -0.4 is 10.6 Å². The lowest BCUT2D eigenvalue weighted by Crippen LogP contribution is -2.43. The van der Waals surface area contributed by atoms with Crippen LogP contribution in [0.15, 0.2) is 28.7 Å². The highest BCUT2D eigenvalue weighted by Crippen LogP contribution is 2.21. The molecule has 0 radical (unpaired) electrons. The first-order valence-electron chi connectivity index (χ1n) is 6.02. The number of amides is 2. The summed E-state index contributed by atoms with van der Waals surface area (Å²) in [7, 11) is 0. The first-order chi connectivity index (χ1) is 8.50. The second-order valence-corrected chi connectivity index (χ2v) is 5.07. The van der Waals surface area contributed by atoms with E-state index in [-0.39, 0.29) is 12.6 Å². The minimum absolute atomic E-state index is 0.246. The smallest absolute Gasteiger partial charge is 0.319 e. The lowest BCUT2D eigenvalue weighted by molar-refractivity contribution is 0.0354. The zero-order valence-corrected chi connectivity index (χ0v) is 12.3. The third kappa shape index (κ3) is 4.31. The van der Waals surface area contributed by atoms with Crippen LogP contribution in [-0.4, -0.2) is 23.3 Å². The van der Waals surface area contributed by atoms with E-state index >= 15 is 0 Å². The number of carbonyl (C=O) groups excluding carboxylic acids is 1. The van der Waals surface area contributed by atoms with Crippen LogP contribution in [0.5, 0.6) is 0 Å². The van der Waals surface area contributed by atoms with Crippen molar-refractivity contribution in [2.45, 2.75) is 32.3 Å². The number of halogens is 1. The van der Waals surface area contributed by atoms with Gasteiger partial charge in [0.15, 0.2) is 0 Å². The van der Waals surface area contributed by atoms with Crippen LogP contribution in [0.4, 0.5) is 10.5 Å². The molecule has 0 aliphatic rings. The first-order valence-corrected chi connectivity index (χ1v) is 6.82. The molecule has 0 bridgehead atoms. The molecule has 0 aliphatic carbocycles. The van der Waals surface area contributed by atoms with Crippen molar-refractivity contribution >= 4 is 27.6 Å². The Labute approximate surface area is 116 Å². The number of benzene rings is 1. The van der Waals surface area contributed by atoms with E-state index in [1.54, 1.807) is 6.07 Å². The highest BCUT2D eigenvalue weighted by Gasteiger charge is 2.22. The third-order valence-electron chi connectivity index (χ3n) is 3.02. The quantitative estimate of drug-likeness (QED) is 0.782. The molecular formula is C13H19BrN2O2. The second kappa shape index (κ2) is 6.75. The average molecular weight is 315 g/mol. The number of nitrogens with one attached hydrogen (secondary N) is 2. The fourth-order valence-electron chi connectivity index (χ4n) is 1.47. The number of hydrogen-bond acceptors (Lipinski definition) is 2. The predicted molar refractivity (Wildman–Crippen MR) is 76.7 cm³/mol. The number of anilines is 1. The van der Waals surface area contributed by atoms with Crippen LogP contribution in [-0.2, 0) is 0 Å². The highest BCUT2D eigenvalue weighted by molar-refractivity contribution is 9.10. The largest absolute Gasteiger partial charge is 0.388 e. The van der Waals surface area contributed by atoms with Gasteiger partial charge >= 0.3 is 6.03 Å². The molecule has 0 aliphatic heterocycles. The van der Waals surface area contributed by atoms with E-state index in [2.05, 4.69) is 26.6 Å². The van der Waals surface area contributed by atoms with Gasteiger partial charge in [0.05, 0.1) is 11.3 Å². The molecule has 4 nitrogen and oxygen atoms in total. The van der Waals surface area contributed by atoms with Crippen LogP contribution in [0, 0.1) is 0 Å². The average Bonchev–Trinajstić information content (AvgIpc) is 2.39. The Morgan fingerprint density at radius 1 is 1.33 bits per heavy atom. The fourth-order valence-corrected chi connectivity index (χ4v) is 1.86. The molecule has 0 saturated heterocycles. The highest BCUT2D eigenvalue weighted by atomic mass is 79.9. The normalized spacial score (nSPS) is 11.1. The number of carbonyl (C=O) groups is 1. The van der Waals surface area contributed by atoms with Crippen molar-refractivity contribution in [3.63, 3.8) is 0 Å². The monoisotopic (exact) mass is 314 g/mol. The number of hydrogen-bond donors (Lipinski definition) is 3. The van der Waals surface area contributed by atoms with E-state index in [9.17, 15) is 9.90 Å².